The van der Waals surface area contributed by atoms with E-state index in [1.54, 1.807) is 44.2 Å². The Balaban J connectivity index is 1.77. The van der Waals surface area contributed by atoms with Gasteiger partial charge in [0.05, 0.1) is 18.8 Å². The quantitative estimate of drug-likeness (QED) is 0.251. The number of para-hydroxylation sites is 1. The number of hydrogen-bond donors (Lipinski definition) is 4. The molecule has 3 rings (SSSR count). The van der Waals surface area contributed by atoms with Crippen LogP contribution in [-0.2, 0) is 23.4 Å². The number of H-pyrrole nitrogens is 1. The van der Waals surface area contributed by atoms with E-state index in [0.717, 1.165) is 4.57 Å². The van der Waals surface area contributed by atoms with E-state index in [2.05, 4.69) is 10.1 Å². The van der Waals surface area contributed by atoms with Crippen LogP contribution in [-0.4, -0.2) is 57.6 Å². The first kappa shape index (κ1) is 27.8. The van der Waals surface area contributed by atoms with E-state index in [-0.39, 0.29) is 11.3 Å². The van der Waals surface area contributed by atoms with Crippen LogP contribution in [0, 0.1) is 6.92 Å². The van der Waals surface area contributed by atoms with Crippen LogP contribution in [0.25, 0.3) is 0 Å². The minimum atomic E-state index is -4.21. The van der Waals surface area contributed by atoms with Crippen LogP contribution in [0.15, 0.2) is 46.1 Å². The molecule has 1 aliphatic heterocycles. The lowest BCUT2D eigenvalue weighted by Crippen LogP contribution is -2.43. The monoisotopic (exact) mass is 526 g/mol. The minimum Gasteiger partial charge on any atom is -0.462 e. The Kier molecular flexibility index (Phi) is 8.88. The molecule has 0 bridgehead atoms. The highest BCUT2D eigenvalue weighted by Crippen LogP contribution is 2.45. The molecule has 36 heavy (non-hydrogen) atoms. The van der Waals surface area contributed by atoms with Crippen molar-refractivity contribution in [3.8, 4) is 5.75 Å². The maximum Gasteiger partial charge on any atom is 0.459 e. The molecule has 1 aromatic carbocycles. The maximum absolute atomic E-state index is 13.6. The highest BCUT2D eigenvalue weighted by molar-refractivity contribution is 7.52. The second-order valence-corrected chi connectivity index (χ2v) is 10.3. The van der Waals surface area contributed by atoms with Gasteiger partial charge >= 0.3 is 19.4 Å². The summed E-state index contributed by atoms with van der Waals surface area (Å²) in [5.41, 5.74) is 4.99. The summed E-state index contributed by atoms with van der Waals surface area (Å²) in [6.45, 7) is 5.82. The second-order valence-electron chi connectivity index (χ2n) is 8.65. The lowest BCUT2D eigenvalue weighted by atomic mass is 10.1. The average Bonchev–Trinajstić information content (AvgIpc) is 3.08. The fraction of sp³-hybridized carbons (Fsp3) is 0.500. The number of aliphatic hydroxyl groups excluding tert-OH is 1. The summed E-state index contributed by atoms with van der Waals surface area (Å²) in [4.78, 5) is 38.4. The van der Waals surface area contributed by atoms with Crippen molar-refractivity contribution in [2.24, 2.45) is 5.73 Å². The van der Waals surface area contributed by atoms with Crippen molar-refractivity contribution in [2.75, 3.05) is 6.61 Å². The maximum atomic E-state index is 13.6. The first-order valence-corrected chi connectivity index (χ1v) is 12.8. The summed E-state index contributed by atoms with van der Waals surface area (Å²) < 4.78 is 36.6. The highest BCUT2D eigenvalue weighted by Gasteiger charge is 2.45. The Hall–Kier alpha value is -2.80. The van der Waals surface area contributed by atoms with Gasteiger partial charge in [0, 0.05) is 11.8 Å². The van der Waals surface area contributed by atoms with E-state index >= 15 is 0 Å². The van der Waals surface area contributed by atoms with Crippen LogP contribution in [0.1, 0.15) is 32.6 Å². The molecule has 1 aromatic heterocycles. The molecule has 14 heteroatoms. The molecule has 0 radical (unpaired) electrons. The van der Waals surface area contributed by atoms with Crippen molar-refractivity contribution in [1.29, 1.82) is 0 Å². The van der Waals surface area contributed by atoms with Gasteiger partial charge in [0.25, 0.3) is 5.56 Å². The van der Waals surface area contributed by atoms with Gasteiger partial charge < -0.3 is 24.8 Å². The number of aromatic nitrogens is 2. The van der Waals surface area contributed by atoms with Gasteiger partial charge in [-0.25, -0.2) is 9.36 Å². The van der Waals surface area contributed by atoms with Crippen LogP contribution >= 0.6 is 7.75 Å². The zero-order valence-corrected chi connectivity index (χ0v) is 21.2. The van der Waals surface area contributed by atoms with Crippen LogP contribution in [0.5, 0.6) is 5.75 Å². The minimum absolute atomic E-state index is 0.204. The fourth-order valence-electron chi connectivity index (χ4n) is 3.44. The molecule has 2 heterocycles. The zero-order valence-electron chi connectivity index (χ0n) is 20.3. The van der Waals surface area contributed by atoms with Gasteiger partial charge in [-0.1, -0.05) is 18.2 Å². The summed E-state index contributed by atoms with van der Waals surface area (Å²) in [6, 6.07) is 6.03. The molecule has 2 aromatic rings. The summed E-state index contributed by atoms with van der Waals surface area (Å²) in [6.07, 6.45) is -2.68. The normalized spacial score (nSPS) is 24.3. The molecule has 1 saturated heterocycles. The molecule has 0 spiro atoms. The average molecular weight is 526 g/mol. The van der Waals surface area contributed by atoms with Crippen molar-refractivity contribution in [3.63, 3.8) is 0 Å². The zero-order chi connectivity index (χ0) is 26.6. The number of nitrogens with zero attached hydrogens (tertiary/aromatic N) is 1. The lowest BCUT2D eigenvalue weighted by Gasteiger charge is -2.25. The molecule has 1 fully saturated rings. The van der Waals surface area contributed by atoms with Gasteiger partial charge in [-0.05, 0) is 39.8 Å². The number of aryl methyl sites for hydroxylation is 1. The molecular formula is C22H31N4O9P. The first-order chi connectivity index (χ1) is 16.9. The van der Waals surface area contributed by atoms with Crippen molar-refractivity contribution in [3.05, 3.63) is 62.9 Å². The largest absolute Gasteiger partial charge is 0.462 e. The van der Waals surface area contributed by atoms with Crippen molar-refractivity contribution < 1.29 is 33.0 Å². The van der Waals surface area contributed by atoms with E-state index in [0.29, 0.717) is 0 Å². The Morgan fingerprint density at radius 1 is 1.28 bits per heavy atom. The van der Waals surface area contributed by atoms with Crippen molar-refractivity contribution in [2.45, 2.75) is 64.3 Å². The number of benzene rings is 1. The number of esters is 1. The molecular weight excluding hydrogens is 495 g/mol. The first-order valence-electron chi connectivity index (χ1n) is 11.3. The number of aromatic amines is 1. The topological polar surface area (TPSA) is 184 Å². The van der Waals surface area contributed by atoms with Gasteiger partial charge in [-0.3, -0.25) is 23.7 Å². The van der Waals surface area contributed by atoms with E-state index in [1.807, 2.05) is 0 Å². The van der Waals surface area contributed by atoms with Crippen molar-refractivity contribution in [1.82, 2.24) is 14.6 Å². The molecule has 13 nitrogen and oxygen atoms in total. The van der Waals surface area contributed by atoms with Crippen molar-refractivity contribution >= 4 is 13.7 Å². The van der Waals surface area contributed by atoms with Crippen LogP contribution in [0.3, 0.4) is 0 Å². The molecule has 0 aliphatic carbocycles. The number of carbonyl (C=O) groups excluding carboxylic acids is 1. The fourth-order valence-corrected chi connectivity index (χ4v) is 4.94. The van der Waals surface area contributed by atoms with Crippen LogP contribution < -0.4 is 26.6 Å². The second kappa shape index (κ2) is 11.5. The number of aliphatic hydroxyl groups is 1. The van der Waals surface area contributed by atoms with Gasteiger partial charge in [0.2, 0.25) is 0 Å². The highest BCUT2D eigenvalue weighted by atomic mass is 31.2. The molecule has 198 valence electrons. The molecule has 0 amide bonds. The SMILES string of the molecule is Cc1cn([C@@H]2O[C@H](CO[P@@](=O)(N[C@@H](C)C(=O)OC(C)C)Oc3ccccc3)[C@@H](O)[C@H]2N)c(=O)[nH]c1=O. The number of hydrogen-bond acceptors (Lipinski definition) is 10. The van der Waals surface area contributed by atoms with Crippen LogP contribution in [0.2, 0.25) is 0 Å². The van der Waals surface area contributed by atoms with Gasteiger partial charge in [0.1, 0.15) is 24.0 Å². The molecule has 6 atom stereocenters. The van der Waals surface area contributed by atoms with E-state index in [4.69, 9.17) is 24.3 Å². The van der Waals surface area contributed by atoms with Gasteiger partial charge in [-0.2, -0.15) is 5.09 Å². The third-order valence-electron chi connectivity index (χ3n) is 5.27. The smallest absolute Gasteiger partial charge is 0.459 e. The summed E-state index contributed by atoms with van der Waals surface area (Å²) in [7, 11) is -4.21. The number of nitrogens with two attached hydrogens (primary N) is 1. The summed E-state index contributed by atoms with van der Waals surface area (Å²) in [5, 5.41) is 13.2. The predicted molar refractivity (Wildman–Crippen MR) is 128 cm³/mol. The Labute approximate surface area is 207 Å². The summed E-state index contributed by atoms with van der Waals surface area (Å²) in [5.74, 6) is -0.465. The standard InChI is InChI=1S/C22H31N4O9P/c1-12(2)33-21(29)14(4)25-36(31,35-15-8-6-5-7-9-15)32-11-16-18(27)17(23)20(34-16)26-10-13(3)19(28)24-22(26)30/h5-10,12,14,16-18,20,27H,11,23H2,1-4H3,(H,25,31)(H,24,28,30)/t14-,16+,17+,18+,20+,36-/m0/s1. The predicted octanol–water partition coefficient (Wildman–Crippen LogP) is 0.564. The summed E-state index contributed by atoms with van der Waals surface area (Å²) >= 11 is 0. The molecule has 1 aliphatic rings. The van der Waals surface area contributed by atoms with E-state index in [1.165, 1.54) is 20.0 Å². The van der Waals surface area contributed by atoms with Gasteiger partial charge in [-0.15, -0.1) is 0 Å². The number of nitrogens with one attached hydrogen (secondary N) is 2. The third kappa shape index (κ3) is 6.69. The Bertz CT molecular complexity index is 1220. The van der Waals surface area contributed by atoms with E-state index in [9.17, 15) is 24.1 Å². The molecule has 0 saturated carbocycles. The molecule has 5 N–H and O–H groups in total. The Morgan fingerprint density at radius 2 is 1.94 bits per heavy atom. The van der Waals surface area contributed by atoms with E-state index < -0.39 is 68.2 Å². The number of carbonyl (C=O) groups is 1. The Morgan fingerprint density at radius 3 is 2.58 bits per heavy atom. The van der Waals surface area contributed by atoms with Gasteiger partial charge in [0.15, 0.2) is 6.23 Å². The van der Waals surface area contributed by atoms with Crippen LogP contribution in [0.4, 0.5) is 0 Å². The lowest BCUT2D eigenvalue weighted by molar-refractivity contribution is -0.149. The number of rotatable bonds is 10. The molecule has 0 unspecified atom stereocenters. The number of ether oxygens (including phenoxy) is 2. The third-order valence-corrected chi connectivity index (χ3v) is 6.92.